The maximum absolute atomic E-state index is 12.3. The van der Waals surface area contributed by atoms with Crippen LogP contribution in [0, 0.1) is 0 Å². The number of thiazole rings is 1. The van der Waals surface area contributed by atoms with Crippen molar-refractivity contribution in [2.45, 2.75) is 25.8 Å². The summed E-state index contributed by atoms with van der Waals surface area (Å²) in [7, 11) is 1.69. The fourth-order valence-electron chi connectivity index (χ4n) is 2.45. The van der Waals surface area contributed by atoms with Crippen molar-refractivity contribution in [2.75, 3.05) is 13.7 Å². The molecule has 3 aromatic rings. The van der Waals surface area contributed by atoms with Gasteiger partial charge in [0.05, 0.1) is 28.9 Å². The summed E-state index contributed by atoms with van der Waals surface area (Å²) in [6.07, 6.45) is 2.19. The highest BCUT2D eigenvalue weighted by atomic mass is 32.1. The Hall–Kier alpha value is -2.67. The van der Waals surface area contributed by atoms with E-state index in [0.717, 1.165) is 21.0 Å². The lowest BCUT2D eigenvalue weighted by atomic mass is 10.2. The molecule has 0 bridgehead atoms. The van der Waals surface area contributed by atoms with Gasteiger partial charge in [-0.15, -0.1) is 11.3 Å². The molecule has 0 unspecified atom stereocenters. The number of likely N-dealkylation sites (N-methyl/N-ethyl adjacent to an activating group) is 1. The summed E-state index contributed by atoms with van der Waals surface area (Å²) in [6.45, 7) is 1.64. The molecule has 26 heavy (non-hydrogen) atoms. The number of hydrogen-bond acceptors (Lipinski definition) is 6. The van der Waals surface area contributed by atoms with Crippen LogP contribution < -0.4 is 0 Å². The van der Waals surface area contributed by atoms with Gasteiger partial charge in [-0.2, -0.15) is 0 Å². The van der Waals surface area contributed by atoms with Crippen molar-refractivity contribution < 1.29 is 18.7 Å². The second-order valence-corrected chi connectivity index (χ2v) is 7.00. The Balaban J connectivity index is 1.51. The minimum absolute atomic E-state index is 0.179. The molecule has 1 aromatic carbocycles. The molecule has 136 valence electrons. The molecule has 0 saturated carbocycles. The number of furan rings is 1. The van der Waals surface area contributed by atoms with Gasteiger partial charge in [-0.25, -0.2) is 4.98 Å². The van der Waals surface area contributed by atoms with Gasteiger partial charge < -0.3 is 14.1 Å². The lowest BCUT2D eigenvalue weighted by Gasteiger charge is -2.23. The number of amides is 1. The third kappa shape index (κ3) is 4.29. The number of fused-ring (bicyclic) bond motifs is 1. The van der Waals surface area contributed by atoms with Crippen LogP contribution in [0.3, 0.4) is 0 Å². The van der Waals surface area contributed by atoms with Crippen LogP contribution in [0.25, 0.3) is 10.2 Å². The standard InChI is InChI=1S/C19H20N2O4S/c1-13(19-20-15-7-3-4-8-16(15)26-19)21(2)17(22)12-25-18(23)10-9-14-6-5-11-24-14/h3-8,11,13H,9-10,12H2,1-2H3/t13-/m1/s1. The Kier molecular flexibility index (Phi) is 5.68. The molecule has 0 spiro atoms. The summed E-state index contributed by atoms with van der Waals surface area (Å²) in [5.74, 6) is 0.0359. The van der Waals surface area contributed by atoms with Gasteiger partial charge >= 0.3 is 5.97 Å². The maximum atomic E-state index is 12.3. The molecule has 0 aliphatic heterocycles. The van der Waals surface area contributed by atoms with Crippen molar-refractivity contribution in [3.05, 3.63) is 53.4 Å². The van der Waals surface area contributed by atoms with Crippen LogP contribution in [0.15, 0.2) is 47.1 Å². The molecule has 7 heteroatoms. The van der Waals surface area contributed by atoms with Crippen LogP contribution in [0.4, 0.5) is 0 Å². The molecule has 0 radical (unpaired) electrons. The van der Waals surface area contributed by atoms with E-state index < -0.39 is 5.97 Å². The third-order valence-corrected chi connectivity index (χ3v) is 5.36. The number of rotatable bonds is 7. The monoisotopic (exact) mass is 372 g/mol. The van der Waals surface area contributed by atoms with E-state index in [4.69, 9.17) is 9.15 Å². The summed E-state index contributed by atoms with van der Waals surface area (Å²) in [6, 6.07) is 11.2. The first-order valence-electron chi connectivity index (χ1n) is 8.33. The average molecular weight is 372 g/mol. The molecule has 1 atom stereocenters. The zero-order valence-corrected chi connectivity index (χ0v) is 15.5. The number of para-hydroxylation sites is 1. The Labute approximate surface area is 155 Å². The van der Waals surface area contributed by atoms with Gasteiger partial charge in [0.15, 0.2) is 6.61 Å². The van der Waals surface area contributed by atoms with Crippen molar-refractivity contribution >= 4 is 33.4 Å². The predicted molar refractivity (Wildman–Crippen MR) is 98.8 cm³/mol. The molecule has 0 aliphatic carbocycles. The SMILES string of the molecule is C[C@H](c1nc2ccccc2s1)N(C)C(=O)COC(=O)CCc1ccco1. The highest BCUT2D eigenvalue weighted by Crippen LogP contribution is 2.28. The van der Waals surface area contributed by atoms with E-state index in [1.54, 1.807) is 41.7 Å². The lowest BCUT2D eigenvalue weighted by Crippen LogP contribution is -2.33. The van der Waals surface area contributed by atoms with E-state index in [1.807, 2.05) is 31.2 Å². The van der Waals surface area contributed by atoms with Crippen molar-refractivity contribution in [1.82, 2.24) is 9.88 Å². The number of aromatic nitrogens is 1. The highest BCUT2D eigenvalue weighted by Gasteiger charge is 2.21. The molecule has 0 saturated heterocycles. The van der Waals surface area contributed by atoms with E-state index in [9.17, 15) is 9.59 Å². The van der Waals surface area contributed by atoms with E-state index in [1.165, 1.54) is 0 Å². The minimum Gasteiger partial charge on any atom is -0.469 e. The lowest BCUT2D eigenvalue weighted by molar-refractivity contribution is -0.152. The summed E-state index contributed by atoms with van der Waals surface area (Å²) in [4.78, 5) is 30.2. The average Bonchev–Trinajstić information content (AvgIpc) is 3.32. The van der Waals surface area contributed by atoms with Gasteiger partial charge in [0.1, 0.15) is 10.8 Å². The fraction of sp³-hybridized carbons (Fsp3) is 0.316. The predicted octanol–water partition coefficient (Wildman–Crippen LogP) is 3.58. The van der Waals surface area contributed by atoms with E-state index in [2.05, 4.69) is 4.98 Å². The molecule has 0 fully saturated rings. The quantitative estimate of drug-likeness (QED) is 0.593. The molecular weight excluding hydrogens is 352 g/mol. The van der Waals surface area contributed by atoms with Gasteiger partial charge in [0.25, 0.3) is 5.91 Å². The third-order valence-electron chi connectivity index (χ3n) is 4.15. The molecule has 0 N–H and O–H groups in total. The number of hydrogen-bond donors (Lipinski definition) is 0. The second-order valence-electron chi connectivity index (χ2n) is 5.94. The van der Waals surface area contributed by atoms with E-state index in [-0.39, 0.29) is 25.0 Å². The number of esters is 1. The van der Waals surface area contributed by atoms with E-state index >= 15 is 0 Å². The minimum atomic E-state index is -0.421. The van der Waals surface area contributed by atoms with Gasteiger partial charge in [-0.1, -0.05) is 12.1 Å². The van der Waals surface area contributed by atoms with Crippen molar-refractivity contribution in [2.24, 2.45) is 0 Å². The first-order chi connectivity index (χ1) is 12.5. The van der Waals surface area contributed by atoms with Crippen LogP contribution in [-0.2, 0) is 20.7 Å². The number of aryl methyl sites for hydroxylation is 1. The van der Waals surface area contributed by atoms with Crippen LogP contribution in [0.2, 0.25) is 0 Å². The van der Waals surface area contributed by atoms with Crippen molar-refractivity contribution in [3.63, 3.8) is 0 Å². The number of carbonyl (C=O) groups is 2. The molecule has 6 nitrogen and oxygen atoms in total. The number of carbonyl (C=O) groups excluding carboxylic acids is 2. The highest BCUT2D eigenvalue weighted by molar-refractivity contribution is 7.18. The Bertz CT molecular complexity index is 855. The number of ether oxygens (including phenoxy) is 1. The molecule has 3 rings (SSSR count). The van der Waals surface area contributed by atoms with Crippen LogP contribution in [-0.4, -0.2) is 35.4 Å². The molecule has 0 aliphatic rings. The zero-order valence-electron chi connectivity index (χ0n) is 14.7. The first kappa shape index (κ1) is 18.1. The molecule has 2 aromatic heterocycles. The van der Waals surface area contributed by atoms with E-state index in [0.29, 0.717) is 6.42 Å². The van der Waals surface area contributed by atoms with Crippen molar-refractivity contribution in [1.29, 1.82) is 0 Å². The van der Waals surface area contributed by atoms with Crippen molar-refractivity contribution in [3.8, 4) is 0 Å². The molecular formula is C19H20N2O4S. The summed E-state index contributed by atoms with van der Waals surface area (Å²) < 4.78 is 11.3. The Morgan fingerprint density at radius 3 is 2.81 bits per heavy atom. The second kappa shape index (κ2) is 8.14. The van der Waals surface area contributed by atoms with Gasteiger partial charge in [0.2, 0.25) is 0 Å². The zero-order chi connectivity index (χ0) is 18.5. The topological polar surface area (TPSA) is 72.6 Å². The van der Waals surface area contributed by atoms with Gasteiger partial charge in [0, 0.05) is 13.5 Å². The van der Waals surface area contributed by atoms with Crippen LogP contribution in [0.1, 0.15) is 30.2 Å². The number of nitrogens with zero attached hydrogens (tertiary/aromatic N) is 2. The summed E-state index contributed by atoms with van der Waals surface area (Å²) >= 11 is 1.56. The van der Waals surface area contributed by atoms with Crippen LogP contribution in [0.5, 0.6) is 0 Å². The summed E-state index contributed by atoms with van der Waals surface area (Å²) in [5.41, 5.74) is 0.921. The molecule has 1 amide bonds. The fourth-order valence-corrected chi connectivity index (χ4v) is 3.51. The largest absolute Gasteiger partial charge is 0.469 e. The number of benzene rings is 1. The normalized spacial score (nSPS) is 12.1. The van der Waals surface area contributed by atoms with Gasteiger partial charge in [-0.05, 0) is 31.2 Å². The summed E-state index contributed by atoms with van der Waals surface area (Å²) in [5, 5.41) is 0.853. The maximum Gasteiger partial charge on any atom is 0.306 e. The Morgan fingerprint density at radius 2 is 2.08 bits per heavy atom. The van der Waals surface area contributed by atoms with Gasteiger partial charge in [-0.3, -0.25) is 9.59 Å². The van der Waals surface area contributed by atoms with Crippen LogP contribution >= 0.6 is 11.3 Å². The Morgan fingerprint density at radius 1 is 1.27 bits per heavy atom. The smallest absolute Gasteiger partial charge is 0.306 e. The first-order valence-corrected chi connectivity index (χ1v) is 9.15. The molecule has 2 heterocycles.